The molecule has 2 rings (SSSR count). The number of carbonyl (C=O) groups is 4. The number of phenols is 1. The number of aryl methyl sites for hydroxylation is 1. The van der Waals surface area contributed by atoms with Gasteiger partial charge in [-0.3, -0.25) is 19.3 Å². The summed E-state index contributed by atoms with van der Waals surface area (Å²) < 4.78 is 10.3. The number of benzene rings is 2. The topological polar surface area (TPSA) is 134 Å². The van der Waals surface area contributed by atoms with Crippen molar-refractivity contribution in [2.24, 2.45) is 0 Å². The summed E-state index contributed by atoms with van der Waals surface area (Å²) in [6.45, 7) is 8.54. The van der Waals surface area contributed by atoms with Crippen molar-refractivity contribution in [3.05, 3.63) is 65.2 Å². The van der Waals surface area contributed by atoms with Gasteiger partial charge in [0.25, 0.3) is 5.91 Å². The number of aromatic hydroxyl groups is 1. The molecule has 0 heterocycles. The van der Waals surface area contributed by atoms with E-state index in [1.165, 1.54) is 18.2 Å². The van der Waals surface area contributed by atoms with E-state index in [2.05, 4.69) is 16.7 Å². The first-order chi connectivity index (χ1) is 18.9. The number of carbonyl (C=O) groups excluding carboxylic acids is 4. The van der Waals surface area contributed by atoms with Gasteiger partial charge >= 0.3 is 12.1 Å². The predicted molar refractivity (Wildman–Crippen MR) is 149 cm³/mol. The highest BCUT2D eigenvalue weighted by molar-refractivity contribution is 5.93. The van der Waals surface area contributed by atoms with E-state index in [9.17, 15) is 24.3 Å². The van der Waals surface area contributed by atoms with Crippen LogP contribution in [-0.2, 0) is 30.3 Å². The average molecular weight is 552 g/mol. The summed E-state index contributed by atoms with van der Waals surface area (Å²) in [6, 6.07) is 13.2. The largest absolute Gasteiger partial charge is 0.508 e. The normalized spacial score (nSPS) is 12.3. The molecule has 0 aliphatic carbocycles. The smallest absolute Gasteiger partial charge is 0.408 e. The molecular formula is C30H37N3O7. The number of ether oxygens (including phenoxy) is 2. The molecule has 3 N–H and O–H groups in total. The van der Waals surface area contributed by atoms with Crippen molar-refractivity contribution < 1.29 is 33.8 Å². The Hall–Kier alpha value is -4.52. The quantitative estimate of drug-likeness (QED) is 0.221. The molecule has 10 nitrogen and oxygen atoms in total. The van der Waals surface area contributed by atoms with Crippen LogP contribution in [0.4, 0.5) is 4.79 Å². The molecule has 2 atom stereocenters. The molecule has 2 aromatic rings. The first-order valence-electron chi connectivity index (χ1n) is 12.9. The number of nitrogens with one attached hydrogen (secondary N) is 2. The highest BCUT2D eigenvalue weighted by atomic mass is 16.6. The van der Waals surface area contributed by atoms with E-state index in [1.54, 1.807) is 58.9 Å². The molecule has 0 aliphatic rings. The lowest BCUT2D eigenvalue weighted by atomic mass is 9.99. The summed E-state index contributed by atoms with van der Waals surface area (Å²) in [5.41, 5.74) is 0.705. The van der Waals surface area contributed by atoms with Crippen LogP contribution >= 0.6 is 0 Å². The SMILES string of the molecule is C#CN(C(=O)C(Cc1ccccc1)NC(=O)OC(C)(C)C)C(C(=O)NCCC(=O)OCC)c1ccc(O)c(C)c1. The molecule has 0 saturated heterocycles. The molecule has 0 fully saturated rings. The monoisotopic (exact) mass is 551 g/mol. The fourth-order valence-electron chi connectivity index (χ4n) is 3.82. The van der Waals surface area contributed by atoms with Crippen molar-refractivity contribution >= 4 is 23.9 Å². The number of hydrogen-bond acceptors (Lipinski definition) is 7. The second-order valence-corrected chi connectivity index (χ2v) is 10.0. The van der Waals surface area contributed by atoms with E-state index in [1.807, 2.05) is 6.07 Å². The van der Waals surface area contributed by atoms with Crippen molar-refractivity contribution in [2.75, 3.05) is 13.2 Å². The van der Waals surface area contributed by atoms with E-state index in [-0.39, 0.29) is 31.7 Å². The number of phenolic OH excluding ortho intramolecular Hbond substituents is 1. The van der Waals surface area contributed by atoms with Gasteiger partial charge in [0.15, 0.2) is 0 Å². The molecule has 0 radical (unpaired) electrons. The van der Waals surface area contributed by atoms with Crippen molar-refractivity contribution in [1.82, 2.24) is 15.5 Å². The lowest BCUT2D eigenvalue weighted by molar-refractivity contribution is -0.143. The van der Waals surface area contributed by atoms with Gasteiger partial charge in [0.2, 0.25) is 5.91 Å². The summed E-state index contributed by atoms with van der Waals surface area (Å²) >= 11 is 0. The fourth-order valence-corrected chi connectivity index (χ4v) is 3.82. The van der Waals surface area contributed by atoms with Gasteiger partial charge in [-0.05, 0) is 63.4 Å². The first-order valence-corrected chi connectivity index (χ1v) is 12.9. The predicted octanol–water partition coefficient (Wildman–Crippen LogP) is 3.37. The van der Waals surface area contributed by atoms with Gasteiger partial charge in [-0.25, -0.2) is 4.79 Å². The van der Waals surface area contributed by atoms with E-state index in [4.69, 9.17) is 15.9 Å². The Balaban J connectivity index is 2.44. The number of esters is 1. The molecule has 0 spiro atoms. The zero-order valence-electron chi connectivity index (χ0n) is 23.5. The second-order valence-electron chi connectivity index (χ2n) is 10.0. The molecule has 10 heteroatoms. The Labute approximate surface area is 235 Å². The third-order valence-electron chi connectivity index (χ3n) is 5.63. The summed E-state index contributed by atoms with van der Waals surface area (Å²) in [4.78, 5) is 52.7. The molecule has 3 amide bonds. The van der Waals surface area contributed by atoms with E-state index in [0.29, 0.717) is 11.1 Å². The minimum absolute atomic E-state index is 0.00245. The van der Waals surface area contributed by atoms with Crippen LogP contribution in [0.25, 0.3) is 0 Å². The molecule has 0 saturated carbocycles. The molecule has 214 valence electrons. The molecule has 2 unspecified atom stereocenters. The molecule has 0 aliphatic heterocycles. The lowest BCUT2D eigenvalue weighted by Gasteiger charge is -2.30. The van der Waals surface area contributed by atoms with Gasteiger partial charge in [0.1, 0.15) is 23.4 Å². The van der Waals surface area contributed by atoms with Crippen molar-refractivity contribution in [2.45, 2.75) is 65.1 Å². The van der Waals surface area contributed by atoms with E-state index in [0.717, 1.165) is 10.5 Å². The van der Waals surface area contributed by atoms with Crippen LogP contribution in [0.3, 0.4) is 0 Å². The summed E-state index contributed by atoms with van der Waals surface area (Å²) in [6.07, 6.45) is 4.97. The van der Waals surface area contributed by atoms with Gasteiger partial charge in [-0.2, -0.15) is 0 Å². The van der Waals surface area contributed by atoms with E-state index >= 15 is 0 Å². The van der Waals surface area contributed by atoms with Gasteiger partial charge in [0, 0.05) is 19.0 Å². The Bertz CT molecular complexity index is 1230. The van der Waals surface area contributed by atoms with Crippen LogP contribution in [0.1, 0.15) is 56.8 Å². The van der Waals surface area contributed by atoms with Crippen LogP contribution in [0.2, 0.25) is 0 Å². The molecular weight excluding hydrogens is 514 g/mol. The molecule has 40 heavy (non-hydrogen) atoms. The van der Waals surface area contributed by atoms with Crippen LogP contribution in [-0.4, -0.2) is 58.7 Å². The van der Waals surface area contributed by atoms with Crippen LogP contribution in [0, 0.1) is 19.4 Å². The van der Waals surface area contributed by atoms with Crippen LogP contribution < -0.4 is 10.6 Å². The van der Waals surface area contributed by atoms with Gasteiger partial charge in [0.05, 0.1) is 13.0 Å². The minimum atomic E-state index is -1.34. The Kier molecular flexibility index (Phi) is 11.6. The third-order valence-corrected chi connectivity index (χ3v) is 5.63. The van der Waals surface area contributed by atoms with Gasteiger partial charge < -0.3 is 25.2 Å². The second kappa shape index (κ2) is 14.6. The maximum absolute atomic E-state index is 13.9. The molecule has 0 aromatic heterocycles. The van der Waals surface area contributed by atoms with E-state index < -0.39 is 41.6 Å². The van der Waals surface area contributed by atoms with Crippen LogP contribution in [0.15, 0.2) is 48.5 Å². The highest BCUT2D eigenvalue weighted by Crippen LogP contribution is 2.27. The maximum atomic E-state index is 13.9. The van der Waals surface area contributed by atoms with Crippen molar-refractivity contribution in [3.63, 3.8) is 0 Å². The van der Waals surface area contributed by atoms with Crippen LogP contribution in [0.5, 0.6) is 5.75 Å². The zero-order valence-corrected chi connectivity index (χ0v) is 23.5. The Morgan fingerprint density at radius 3 is 2.35 bits per heavy atom. The number of alkyl carbamates (subject to hydrolysis) is 1. The van der Waals surface area contributed by atoms with Crippen molar-refractivity contribution in [3.8, 4) is 18.2 Å². The summed E-state index contributed by atoms with van der Waals surface area (Å²) in [7, 11) is 0. The number of rotatable bonds is 11. The van der Waals surface area contributed by atoms with Gasteiger partial charge in [-0.1, -0.05) is 42.8 Å². The number of amides is 3. The van der Waals surface area contributed by atoms with Gasteiger partial charge in [-0.15, -0.1) is 0 Å². The lowest BCUT2D eigenvalue weighted by Crippen LogP contribution is -2.52. The fraction of sp³-hybridized carbons (Fsp3) is 0.400. The summed E-state index contributed by atoms with van der Waals surface area (Å²) in [5, 5.41) is 15.3. The highest BCUT2D eigenvalue weighted by Gasteiger charge is 2.36. The van der Waals surface area contributed by atoms with Crippen molar-refractivity contribution in [1.29, 1.82) is 0 Å². The Morgan fingerprint density at radius 1 is 1.10 bits per heavy atom. The Morgan fingerprint density at radius 2 is 1.77 bits per heavy atom. The standard InChI is InChI=1S/C30H37N3O7/c1-7-33(28(37)23(19-21-12-10-9-11-13-21)32-29(38)40-30(4,5)6)26(22-14-15-24(34)20(3)18-22)27(36)31-17-16-25(35)39-8-2/h1,9-15,18,23,26,34H,8,16-17,19H2,2-6H3,(H,31,36)(H,32,38). The minimum Gasteiger partial charge on any atom is -0.508 e. The first kappa shape index (κ1) is 31.7. The number of nitrogens with zero attached hydrogens (tertiary/aromatic N) is 1. The average Bonchev–Trinajstić information content (AvgIpc) is 2.87. The third kappa shape index (κ3) is 9.66. The molecule has 2 aromatic carbocycles. The summed E-state index contributed by atoms with van der Waals surface area (Å²) in [5.74, 6) is -1.88. The molecule has 0 bridgehead atoms. The number of terminal acetylenes is 1. The number of hydrogen-bond donors (Lipinski definition) is 3. The maximum Gasteiger partial charge on any atom is 0.408 e. The zero-order chi connectivity index (χ0) is 29.9.